The molecule has 1 aromatic heterocycles. The van der Waals surface area contributed by atoms with Crippen molar-refractivity contribution >= 4 is 17.5 Å². The second-order valence-corrected chi connectivity index (χ2v) is 7.34. The molecule has 0 bridgehead atoms. The fourth-order valence-electron chi connectivity index (χ4n) is 4.14. The molecule has 2 amide bonds. The second-order valence-electron chi connectivity index (χ2n) is 7.34. The Hall–Kier alpha value is -2.49. The number of hydrogen-bond acceptors (Lipinski definition) is 3. The minimum atomic E-state index is -0.118. The van der Waals surface area contributed by atoms with Gasteiger partial charge in [-0.2, -0.15) is 0 Å². The maximum absolute atomic E-state index is 12.8. The SMILES string of the molecule is C[C@H]1CC[C@@H]2C(=O)N(c3ccc(Cc4ccncc4)cc3)C(=O)[C@@H]2C1. The normalized spacial score (nSPS) is 26.0. The van der Waals surface area contributed by atoms with Gasteiger partial charge in [-0.15, -0.1) is 0 Å². The van der Waals surface area contributed by atoms with E-state index in [1.165, 1.54) is 10.5 Å². The molecule has 1 aromatic carbocycles. The topological polar surface area (TPSA) is 50.3 Å². The zero-order valence-corrected chi connectivity index (χ0v) is 14.4. The number of benzene rings is 1. The molecule has 1 aliphatic heterocycles. The lowest BCUT2D eigenvalue weighted by Gasteiger charge is -2.25. The van der Waals surface area contributed by atoms with Gasteiger partial charge in [-0.25, -0.2) is 0 Å². The van der Waals surface area contributed by atoms with Gasteiger partial charge in [0, 0.05) is 12.4 Å². The molecule has 1 saturated heterocycles. The minimum absolute atomic E-state index is 0.0104. The van der Waals surface area contributed by atoms with Crippen molar-refractivity contribution in [3.63, 3.8) is 0 Å². The predicted molar refractivity (Wildman–Crippen MR) is 96.0 cm³/mol. The molecule has 1 saturated carbocycles. The molecule has 0 N–H and O–H groups in total. The van der Waals surface area contributed by atoms with Gasteiger partial charge in [0.15, 0.2) is 0 Å². The van der Waals surface area contributed by atoms with Crippen molar-refractivity contribution in [2.24, 2.45) is 17.8 Å². The minimum Gasteiger partial charge on any atom is -0.274 e. The van der Waals surface area contributed by atoms with Crippen LogP contribution >= 0.6 is 0 Å². The third kappa shape index (κ3) is 2.97. The van der Waals surface area contributed by atoms with E-state index in [0.717, 1.165) is 31.2 Å². The Kier molecular flexibility index (Phi) is 4.12. The third-order valence-corrected chi connectivity index (χ3v) is 5.54. The first-order valence-corrected chi connectivity index (χ1v) is 8.99. The summed E-state index contributed by atoms with van der Waals surface area (Å²) in [6.45, 7) is 2.17. The van der Waals surface area contributed by atoms with Crippen molar-refractivity contribution in [3.05, 3.63) is 59.9 Å². The Balaban J connectivity index is 1.54. The number of carbonyl (C=O) groups excluding carboxylic acids is 2. The average molecular weight is 334 g/mol. The van der Waals surface area contributed by atoms with Crippen LogP contribution < -0.4 is 4.90 Å². The number of anilines is 1. The smallest absolute Gasteiger partial charge is 0.237 e. The van der Waals surface area contributed by atoms with Gasteiger partial charge in [-0.3, -0.25) is 19.5 Å². The molecule has 0 unspecified atom stereocenters. The highest BCUT2D eigenvalue weighted by Crippen LogP contribution is 2.42. The number of pyridine rings is 1. The van der Waals surface area contributed by atoms with Crippen LogP contribution in [0.3, 0.4) is 0 Å². The lowest BCUT2D eigenvalue weighted by atomic mass is 9.76. The maximum atomic E-state index is 12.8. The second kappa shape index (κ2) is 6.43. The van der Waals surface area contributed by atoms with Crippen molar-refractivity contribution in [1.29, 1.82) is 0 Å². The summed E-state index contributed by atoms with van der Waals surface area (Å²) in [6, 6.07) is 11.8. The van der Waals surface area contributed by atoms with Crippen molar-refractivity contribution in [3.8, 4) is 0 Å². The van der Waals surface area contributed by atoms with Crippen LogP contribution in [0.15, 0.2) is 48.8 Å². The van der Waals surface area contributed by atoms with Gasteiger partial charge >= 0.3 is 0 Å². The molecular formula is C21H22N2O2. The van der Waals surface area contributed by atoms with Gasteiger partial charge < -0.3 is 0 Å². The molecule has 2 fully saturated rings. The van der Waals surface area contributed by atoms with Crippen molar-refractivity contribution < 1.29 is 9.59 Å². The summed E-state index contributed by atoms with van der Waals surface area (Å²) in [5.74, 6) is 0.279. The fraction of sp³-hybridized carbons (Fsp3) is 0.381. The summed E-state index contributed by atoms with van der Waals surface area (Å²) in [5, 5.41) is 0. The van der Waals surface area contributed by atoms with Crippen molar-refractivity contribution in [1.82, 2.24) is 4.98 Å². The lowest BCUT2D eigenvalue weighted by Crippen LogP contribution is -2.30. The average Bonchev–Trinajstić information content (AvgIpc) is 2.87. The quantitative estimate of drug-likeness (QED) is 0.806. The van der Waals surface area contributed by atoms with Crippen LogP contribution in [0, 0.1) is 17.8 Å². The molecule has 4 rings (SSSR count). The number of rotatable bonds is 3. The first-order chi connectivity index (χ1) is 12.1. The van der Waals surface area contributed by atoms with Crippen molar-refractivity contribution in [2.75, 3.05) is 4.90 Å². The number of aromatic nitrogens is 1. The fourth-order valence-corrected chi connectivity index (χ4v) is 4.14. The van der Waals surface area contributed by atoms with E-state index in [1.54, 1.807) is 12.4 Å². The summed E-state index contributed by atoms with van der Waals surface area (Å²) < 4.78 is 0. The number of amides is 2. The Morgan fingerprint density at radius 1 is 0.920 bits per heavy atom. The maximum Gasteiger partial charge on any atom is 0.237 e. The number of nitrogens with zero attached hydrogens (tertiary/aromatic N) is 2. The van der Waals surface area contributed by atoms with Gasteiger partial charge in [-0.05, 0) is 67.0 Å². The number of fused-ring (bicyclic) bond motifs is 1. The summed E-state index contributed by atoms with van der Waals surface area (Å²) in [6.07, 6.45) is 7.10. The molecule has 0 spiro atoms. The Morgan fingerprint density at radius 3 is 2.28 bits per heavy atom. The van der Waals surface area contributed by atoms with E-state index in [4.69, 9.17) is 0 Å². The van der Waals surface area contributed by atoms with Gasteiger partial charge in [0.2, 0.25) is 11.8 Å². The van der Waals surface area contributed by atoms with Crippen LogP contribution in [-0.2, 0) is 16.0 Å². The first kappa shape index (κ1) is 16.0. The molecule has 2 aliphatic rings. The summed E-state index contributed by atoms with van der Waals surface area (Å²) in [7, 11) is 0. The Labute approximate surface area is 147 Å². The van der Waals surface area contributed by atoms with Crippen LogP contribution in [0.5, 0.6) is 0 Å². The highest BCUT2D eigenvalue weighted by atomic mass is 16.2. The highest BCUT2D eigenvalue weighted by Gasteiger charge is 2.49. The monoisotopic (exact) mass is 334 g/mol. The highest BCUT2D eigenvalue weighted by molar-refractivity contribution is 6.22. The van der Waals surface area contributed by atoms with E-state index in [-0.39, 0.29) is 23.7 Å². The van der Waals surface area contributed by atoms with E-state index < -0.39 is 0 Å². The van der Waals surface area contributed by atoms with Gasteiger partial charge in [0.25, 0.3) is 0 Å². The molecular weight excluding hydrogens is 312 g/mol. The zero-order valence-electron chi connectivity index (χ0n) is 14.4. The van der Waals surface area contributed by atoms with Crippen LogP contribution in [0.4, 0.5) is 5.69 Å². The predicted octanol–water partition coefficient (Wildman–Crippen LogP) is 3.60. The number of carbonyl (C=O) groups is 2. The van der Waals surface area contributed by atoms with E-state index >= 15 is 0 Å². The molecule has 1 aliphatic carbocycles. The zero-order chi connectivity index (χ0) is 17.4. The Morgan fingerprint density at radius 2 is 1.56 bits per heavy atom. The molecule has 0 radical (unpaired) electrons. The van der Waals surface area contributed by atoms with Gasteiger partial charge in [0.05, 0.1) is 17.5 Å². The molecule has 4 heteroatoms. The van der Waals surface area contributed by atoms with Crippen LogP contribution in [0.25, 0.3) is 0 Å². The van der Waals surface area contributed by atoms with E-state index in [2.05, 4.69) is 11.9 Å². The molecule has 2 heterocycles. The number of imide groups is 1. The van der Waals surface area contributed by atoms with E-state index in [0.29, 0.717) is 11.6 Å². The molecule has 2 aromatic rings. The van der Waals surface area contributed by atoms with E-state index in [1.807, 2.05) is 36.4 Å². The molecule has 4 nitrogen and oxygen atoms in total. The van der Waals surface area contributed by atoms with Crippen LogP contribution in [-0.4, -0.2) is 16.8 Å². The van der Waals surface area contributed by atoms with Crippen LogP contribution in [0.2, 0.25) is 0 Å². The summed E-state index contributed by atoms with van der Waals surface area (Å²) in [4.78, 5) is 31.0. The van der Waals surface area contributed by atoms with E-state index in [9.17, 15) is 9.59 Å². The Bertz CT molecular complexity index is 785. The van der Waals surface area contributed by atoms with Crippen LogP contribution in [0.1, 0.15) is 37.3 Å². The summed E-state index contributed by atoms with van der Waals surface area (Å²) in [5.41, 5.74) is 3.05. The third-order valence-electron chi connectivity index (χ3n) is 5.54. The molecule has 3 atom stereocenters. The van der Waals surface area contributed by atoms with Gasteiger partial charge in [-0.1, -0.05) is 19.1 Å². The van der Waals surface area contributed by atoms with Crippen molar-refractivity contribution in [2.45, 2.75) is 32.6 Å². The molecule has 128 valence electrons. The summed E-state index contributed by atoms with van der Waals surface area (Å²) >= 11 is 0. The first-order valence-electron chi connectivity index (χ1n) is 8.99. The van der Waals surface area contributed by atoms with Gasteiger partial charge in [0.1, 0.15) is 0 Å². The standard InChI is InChI=1S/C21H22N2O2/c1-14-2-7-18-19(12-14)21(25)23(20(18)24)17-5-3-15(4-6-17)13-16-8-10-22-11-9-16/h3-6,8-11,14,18-19H,2,7,12-13H2,1H3/t14-,18-,19+/m0/s1. The largest absolute Gasteiger partial charge is 0.274 e. The lowest BCUT2D eigenvalue weighted by molar-refractivity contribution is -0.122. The molecule has 25 heavy (non-hydrogen) atoms. The number of hydrogen-bond donors (Lipinski definition) is 0.